The van der Waals surface area contributed by atoms with Gasteiger partial charge >= 0.3 is 6.09 Å². The predicted molar refractivity (Wildman–Crippen MR) is 100 cm³/mol. The number of likely N-dealkylation sites (N-methyl/N-ethyl adjacent to an activating group) is 1. The van der Waals surface area contributed by atoms with Gasteiger partial charge in [-0.1, -0.05) is 17.3 Å². The van der Waals surface area contributed by atoms with E-state index in [0.717, 1.165) is 63.4 Å². The molecule has 1 amide bonds. The first-order valence-electron chi connectivity index (χ1n) is 9.18. The first-order chi connectivity index (χ1) is 12.1. The van der Waals surface area contributed by atoms with Crippen molar-refractivity contribution in [2.75, 3.05) is 51.2 Å². The SMILES string of the molecule is C/C(=N\OC(=O)N1CCCCC1)c1cccc(N2CCN(C)CC2)c1. The predicted octanol–water partition coefficient (Wildman–Crippen LogP) is 2.78. The Morgan fingerprint density at radius 3 is 2.48 bits per heavy atom. The average molecular weight is 344 g/mol. The van der Waals surface area contributed by atoms with Crippen LogP contribution in [0.25, 0.3) is 0 Å². The lowest BCUT2D eigenvalue weighted by Gasteiger charge is -2.34. The van der Waals surface area contributed by atoms with Gasteiger partial charge in [-0.3, -0.25) is 4.84 Å². The van der Waals surface area contributed by atoms with Crippen molar-refractivity contribution in [1.29, 1.82) is 0 Å². The third-order valence-electron chi connectivity index (χ3n) is 5.01. The number of likely N-dealkylation sites (tertiary alicyclic amines) is 1. The molecule has 1 aromatic carbocycles. The van der Waals surface area contributed by atoms with Crippen molar-refractivity contribution < 1.29 is 9.63 Å². The molecule has 6 heteroatoms. The van der Waals surface area contributed by atoms with E-state index in [0.29, 0.717) is 0 Å². The molecule has 3 rings (SSSR count). The van der Waals surface area contributed by atoms with Crippen molar-refractivity contribution in [2.45, 2.75) is 26.2 Å². The van der Waals surface area contributed by atoms with Gasteiger partial charge in [0.05, 0.1) is 5.71 Å². The summed E-state index contributed by atoms with van der Waals surface area (Å²) >= 11 is 0. The van der Waals surface area contributed by atoms with Crippen LogP contribution in [-0.2, 0) is 4.84 Å². The van der Waals surface area contributed by atoms with Crippen molar-refractivity contribution in [3.63, 3.8) is 0 Å². The summed E-state index contributed by atoms with van der Waals surface area (Å²) in [7, 11) is 2.15. The summed E-state index contributed by atoms with van der Waals surface area (Å²) in [6.07, 6.45) is 2.94. The van der Waals surface area contributed by atoms with E-state index in [-0.39, 0.29) is 6.09 Å². The molecule has 2 aliphatic heterocycles. The van der Waals surface area contributed by atoms with Gasteiger partial charge < -0.3 is 14.7 Å². The zero-order valence-electron chi connectivity index (χ0n) is 15.3. The molecule has 136 valence electrons. The van der Waals surface area contributed by atoms with E-state index in [9.17, 15) is 4.79 Å². The highest BCUT2D eigenvalue weighted by molar-refractivity contribution is 5.99. The third-order valence-corrected chi connectivity index (χ3v) is 5.01. The summed E-state index contributed by atoms with van der Waals surface area (Å²) in [4.78, 5) is 23.7. The molecule has 0 aliphatic carbocycles. The number of hydrogen-bond donors (Lipinski definition) is 0. The van der Waals surface area contributed by atoms with Crippen LogP contribution in [0.3, 0.4) is 0 Å². The largest absolute Gasteiger partial charge is 0.435 e. The van der Waals surface area contributed by atoms with E-state index < -0.39 is 0 Å². The fraction of sp³-hybridized carbons (Fsp3) is 0.579. The maximum atomic E-state index is 12.1. The van der Waals surface area contributed by atoms with Gasteiger partial charge in [-0.05, 0) is 45.4 Å². The summed E-state index contributed by atoms with van der Waals surface area (Å²) in [5.74, 6) is 0. The molecule has 0 unspecified atom stereocenters. The van der Waals surface area contributed by atoms with Crippen LogP contribution in [-0.4, -0.2) is 67.9 Å². The van der Waals surface area contributed by atoms with Gasteiger partial charge in [-0.15, -0.1) is 0 Å². The van der Waals surface area contributed by atoms with E-state index in [1.165, 1.54) is 12.1 Å². The molecule has 2 aliphatic rings. The molecule has 2 saturated heterocycles. The zero-order chi connectivity index (χ0) is 17.6. The Morgan fingerprint density at radius 1 is 1.04 bits per heavy atom. The number of nitrogens with zero attached hydrogens (tertiary/aromatic N) is 4. The number of oxime groups is 1. The third kappa shape index (κ3) is 4.72. The maximum absolute atomic E-state index is 12.1. The Morgan fingerprint density at radius 2 is 1.76 bits per heavy atom. The molecule has 1 aromatic rings. The minimum absolute atomic E-state index is 0.339. The van der Waals surface area contributed by atoms with E-state index in [4.69, 9.17) is 4.84 Å². The van der Waals surface area contributed by atoms with Gasteiger partial charge in [0.25, 0.3) is 0 Å². The molecule has 0 atom stereocenters. The number of amides is 1. The molecule has 25 heavy (non-hydrogen) atoms. The first-order valence-corrected chi connectivity index (χ1v) is 9.18. The number of piperazine rings is 1. The molecule has 0 aromatic heterocycles. The molecule has 2 heterocycles. The minimum Gasteiger partial charge on any atom is -0.369 e. The summed E-state index contributed by atoms with van der Waals surface area (Å²) in [6, 6.07) is 8.29. The fourth-order valence-electron chi connectivity index (χ4n) is 3.29. The van der Waals surface area contributed by atoms with Crippen molar-refractivity contribution >= 4 is 17.5 Å². The van der Waals surface area contributed by atoms with Crippen LogP contribution in [0.5, 0.6) is 0 Å². The standard InChI is InChI=1S/C19H28N4O2/c1-16(20-25-19(24)23-9-4-3-5-10-23)17-7-6-8-18(15-17)22-13-11-21(2)12-14-22/h6-8,15H,3-5,9-14H2,1-2H3/b20-16+. The van der Waals surface area contributed by atoms with Crippen LogP contribution < -0.4 is 4.90 Å². The molecule has 0 saturated carbocycles. The topological polar surface area (TPSA) is 48.4 Å². The molecule has 0 bridgehead atoms. The molecular formula is C19H28N4O2. The highest BCUT2D eigenvalue weighted by atomic mass is 16.7. The van der Waals surface area contributed by atoms with Gasteiger partial charge in [0.1, 0.15) is 0 Å². The number of hydrogen-bond acceptors (Lipinski definition) is 5. The Balaban J connectivity index is 1.62. The van der Waals surface area contributed by atoms with Crippen molar-refractivity contribution in [1.82, 2.24) is 9.80 Å². The first kappa shape index (κ1) is 17.7. The van der Waals surface area contributed by atoms with Crippen LogP contribution in [0.2, 0.25) is 0 Å². The Kier molecular flexibility index (Phi) is 5.91. The lowest BCUT2D eigenvalue weighted by Crippen LogP contribution is -2.44. The lowest BCUT2D eigenvalue weighted by atomic mass is 10.1. The number of carbonyl (C=O) groups excluding carboxylic acids is 1. The molecule has 0 spiro atoms. The molecule has 2 fully saturated rings. The van der Waals surface area contributed by atoms with E-state index in [1.54, 1.807) is 4.90 Å². The Labute approximate surface area is 150 Å². The number of benzene rings is 1. The smallest absolute Gasteiger partial charge is 0.369 e. The van der Waals surface area contributed by atoms with Crippen LogP contribution in [0.4, 0.5) is 10.5 Å². The highest BCUT2D eigenvalue weighted by Crippen LogP contribution is 2.18. The van der Waals surface area contributed by atoms with E-state index >= 15 is 0 Å². The van der Waals surface area contributed by atoms with Gasteiger partial charge in [-0.25, -0.2) is 4.79 Å². The van der Waals surface area contributed by atoms with Crippen molar-refractivity contribution in [3.8, 4) is 0 Å². The summed E-state index contributed by atoms with van der Waals surface area (Å²) in [5, 5.41) is 4.07. The van der Waals surface area contributed by atoms with E-state index in [2.05, 4.69) is 34.1 Å². The molecule has 0 radical (unpaired) electrons. The zero-order valence-corrected chi connectivity index (χ0v) is 15.3. The number of rotatable bonds is 3. The van der Waals surface area contributed by atoms with Crippen molar-refractivity contribution in [3.05, 3.63) is 29.8 Å². The second kappa shape index (κ2) is 8.34. The van der Waals surface area contributed by atoms with Crippen LogP contribution in [0.15, 0.2) is 29.4 Å². The van der Waals surface area contributed by atoms with Gasteiger partial charge in [-0.2, -0.15) is 0 Å². The van der Waals surface area contributed by atoms with Crippen molar-refractivity contribution in [2.24, 2.45) is 5.16 Å². The van der Waals surface area contributed by atoms with Gasteiger partial charge in [0.2, 0.25) is 0 Å². The molecular weight excluding hydrogens is 316 g/mol. The van der Waals surface area contributed by atoms with Crippen LogP contribution in [0, 0.1) is 0 Å². The molecule has 6 nitrogen and oxygen atoms in total. The summed E-state index contributed by atoms with van der Waals surface area (Å²) < 4.78 is 0. The van der Waals surface area contributed by atoms with Crippen LogP contribution >= 0.6 is 0 Å². The normalized spacial score (nSPS) is 19.8. The quantitative estimate of drug-likeness (QED) is 0.481. The summed E-state index contributed by atoms with van der Waals surface area (Å²) in [6.45, 7) is 7.63. The second-order valence-electron chi connectivity index (χ2n) is 6.92. The van der Waals surface area contributed by atoms with Crippen LogP contribution in [0.1, 0.15) is 31.7 Å². The summed E-state index contributed by atoms with van der Waals surface area (Å²) in [5.41, 5.74) is 2.91. The Hall–Kier alpha value is -2.08. The lowest BCUT2D eigenvalue weighted by molar-refractivity contribution is 0.0982. The number of piperidine rings is 1. The highest BCUT2D eigenvalue weighted by Gasteiger charge is 2.18. The number of carbonyl (C=O) groups is 1. The van der Waals surface area contributed by atoms with E-state index in [1.807, 2.05) is 19.1 Å². The maximum Gasteiger partial charge on any atom is 0.435 e. The fourth-order valence-corrected chi connectivity index (χ4v) is 3.29. The van der Waals surface area contributed by atoms with Gasteiger partial charge in [0, 0.05) is 50.5 Å². The van der Waals surface area contributed by atoms with Gasteiger partial charge in [0.15, 0.2) is 0 Å². The molecule has 0 N–H and O–H groups in total. The second-order valence-corrected chi connectivity index (χ2v) is 6.92. The monoisotopic (exact) mass is 344 g/mol. The Bertz CT molecular complexity index is 618. The average Bonchev–Trinajstić information content (AvgIpc) is 2.67. The number of anilines is 1. The minimum atomic E-state index is -0.339.